The third-order valence-electron chi connectivity index (χ3n) is 6.82. The summed E-state index contributed by atoms with van der Waals surface area (Å²) in [5, 5.41) is 12.4. The van der Waals surface area contributed by atoms with E-state index < -0.39 is 17.9 Å². The van der Waals surface area contributed by atoms with Gasteiger partial charge in [0.25, 0.3) is 0 Å². The summed E-state index contributed by atoms with van der Waals surface area (Å²) in [7, 11) is 2.45. The van der Waals surface area contributed by atoms with Gasteiger partial charge in [-0.1, -0.05) is 78.9 Å². The molecule has 7 heteroatoms. The highest BCUT2D eigenvalue weighted by molar-refractivity contribution is 6.06. The second-order valence-electron chi connectivity index (χ2n) is 8.94. The van der Waals surface area contributed by atoms with Crippen LogP contribution in [-0.4, -0.2) is 26.2 Å². The van der Waals surface area contributed by atoms with E-state index in [4.69, 9.17) is 15.2 Å². The number of carbonyl (C=O) groups excluding carboxylic acids is 2. The number of hydrogen-bond donors (Lipinski definition) is 1. The van der Waals surface area contributed by atoms with E-state index in [0.29, 0.717) is 11.3 Å². The van der Waals surface area contributed by atoms with Crippen molar-refractivity contribution in [3.63, 3.8) is 0 Å². The van der Waals surface area contributed by atoms with E-state index >= 15 is 0 Å². The van der Waals surface area contributed by atoms with Gasteiger partial charge in [0.2, 0.25) is 0 Å². The predicted molar refractivity (Wildman–Crippen MR) is 149 cm³/mol. The molecule has 192 valence electrons. The van der Waals surface area contributed by atoms with Crippen LogP contribution in [0.2, 0.25) is 0 Å². The number of nitriles is 1. The molecule has 7 nitrogen and oxygen atoms in total. The van der Waals surface area contributed by atoms with Crippen molar-refractivity contribution >= 4 is 28.4 Å². The van der Waals surface area contributed by atoms with E-state index in [1.54, 1.807) is 36.4 Å². The monoisotopic (exact) mass is 515 g/mol. The Hall–Kier alpha value is -5.35. The Morgan fingerprint density at radius 3 is 2.05 bits per heavy atom. The molecule has 0 saturated heterocycles. The molecule has 0 fully saturated rings. The summed E-state index contributed by atoms with van der Waals surface area (Å²) >= 11 is 0. The number of ether oxygens (including phenoxy) is 2. The summed E-state index contributed by atoms with van der Waals surface area (Å²) < 4.78 is 10.2. The van der Waals surface area contributed by atoms with Crippen molar-refractivity contribution in [2.24, 2.45) is 5.73 Å². The van der Waals surface area contributed by atoms with Gasteiger partial charge in [0.15, 0.2) is 0 Å². The molecule has 0 spiro atoms. The average molecular weight is 516 g/mol. The number of benzene rings is 4. The van der Waals surface area contributed by atoms with E-state index in [-0.39, 0.29) is 22.7 Å². The lowest BCUT2D eigenvalue weighted by molar-refractivity contribution is -0.139. The Morgan fingerprint density at radius 1 is 0.795 bits per heavy atom. The van der Waals surface area contributed by atoms with Crippen LogP contribution >= 0.6 is 0 Å². The minimum absolute atomic E-state index is 0.0258. The largest absolute Gasteiger partial charge is 0.466 e. The Morgan fingerprint density at radius 2 is 1.41 bits per heavy atom. The van der Waals surface area contributed by atoms with Gasteiger partial charge in [-0.3, -0.25) is 4.90 Å². The zero-order chi connectivity index (χ0) is 27.5. The van der Waals surface area contributed by atoms with Crippen LogP contribution in [0, 0.1) is 11.3 Å². The molecule has 1 atom stereocenters. The molecule has 0 bridgehead atoms. The molecular formula is C32H25N3O4. The Kier molecular flexibility index (Phi) is 6.85. The number of nitrogens with zero attached hydrogens (tertiary/aromatic N) is 2. The fraction of sp³-hybridized carbons (Fsp3) is 0.0938. The number of carbonyl (C=O) groups is 2. The molecule has 5 rings (SSSR count). The third-order valence-corrected chi connectivity index (χ3v) is 6.82. The van der Waals surface area contributed by atoms with Gasteiger partial charge >= 0.3 is 11.9 Å². The number of nitrogens with two attached hydrogens (primary N) is 1. The minimum atomic E-state index is -0.911. The van der Waals surface area contributed by atoms with Crippen LogP contribution in [0.5, 0.6) is 0 Å². The molecule has 1 aliphatic rings. The van der Waals surface area contributed by atoms with Crippen molar-refractivity contribution in [3.05, 3.63) is 125 Å². The fourth-order valence-electron chi connectivity index (χ4n) is 4.95. The van der Waals surface area contributed by atoms with Crippen LogP contribution in [0.1, 0.15) is 11.5 Å². The normalized spacial score (nSPS) is 15.2. The molecule has 0 saturated carbocycles. The third kappa shape index (κ3) is 4.49. The molecule has 4 aromatic carbocycles. The second-order valence-corrected chi connectivity index (χ2v) is 8.94. The van der Waals surface area contributed by atoms with Gasteiger partial charge in [0.05, 0.1) is 37.4 Å². The van der Waals surface area contributed by atoms with Gasteiger partial charge in [-0.15, -0.1) is 0 Å². The van der Waals surface area contributed by atoms with E-state index in [0.717, 1.165) is 21.9 Å². The number of allylic oxidation sites excluding steroid dienone is 1. The van der Waals surface area contributed by atoms with Gasteiger partial charge in [0, 0.05) is 5.69 Å². The zero-order valence-electron chi connectivity index (χ0n) is 21.4. The Bertz CT molecular complexity index is 1680. The first-order valence-corrected chi connectivity index (χ1v) is 12.2. The molecule has 4 aromatic rings. The van der Waals surface area contributed by atoms with E-state index in [1.165, 1.54) is 19.1 Å². The van der Waals surface area contributed by atoms with Crippen LogP contribution in [0.3, 0.4) is 0 Å². The minimum Gasteiger partial charge on any atom is -0.466 e. The molecule has 2 N–H and O–H groups in total. The molecule has 0 aromatic heterocycles. The first-order valence-electron chi connectivity index (χ1n) is 12.2. The molecule has 1 heterocycles. The highest BCUT2D eigenvalue weighted by atomic mass is 16.5. The van der Waals surface area contributed by atoms with Crippen molar-refractivity contribution in [3.8, 4) is 17.2 Å². The highest BCUT2D eigenvalue weighted by Gasteiger charge is 2.42. The van der Waals surface area contributed by atoms with Crippen LogP contribution in [-0.2, 0) is 19.1 Å². The maximum absolute atomic E-state index is 13.2. The van der Waals surface area contributed by atoms with Crippen LogP contribution in [0.25, 0.3) is 21.9 Å². The SMILES string of the molecule is COC(=O)C1=C(C(=O)OC)N(c2ccc(-c3ccc4ccccc4c3)cc2)C(N)=C(C#N)C1c1ccccc1. The maximum atomic E-state index is 13.2. The summed E-state index contributed by atoms with van der Waals surface area (Å²) in [5.41, 5.74) is 9.63. The van der Waals surface area contributed by atoms with Crippen molar-refractivity contribution in [2.75, 3.05) is 19.1 Å². The first kappa shape index (κ1) is 25.3. The summed E-state index contributed by atoms with van der Waals surface area (Å²) in [6.45, 7) is 0. The smallest absolute Gasteiger partial charge is 0.355 e. The van der Waals surface area contributed by atoms with Crippen molar-refractivity contribution in [1.82, 2.24) is 0 Å². The number of esters is 2. The number of rotatable bonds is 5. The molecule has 0 aliphatic carbocycles. The average Bonchev–Trinajstić information content (AvgIpc) is 2.99. The van der Waals surface area contributed by atoms with Gasteiger partial charge in [-0.2, -0.15) is 5.26 Å². The van der Waals surface area contributed by atoms with E-state index in [1.807, 2.05) is 36.4 Å². The Balaban J connectivity index is 1.67. The van der Waals surface area contributed by atoms with Crippen molar-refractivity contribution in [1.29, 1.82) is 5.26 Å². The second kappa shape index (κ2) is 10.6. The van der Waals surface area contributed by atoms with Gasteiger partial charge in [0.1, 0.15) is 11.5 Å². The summed E-state index contributed by atoms with van der Waals surface area (Å²) in [4.78, 5) is 27.8. The first-order chi connectivity index (χ1) is 19.0. The van der Waals surface area contributed by atoms with E-state index in [9.17, 15) is 14.9 Å². The van der Waals surface area contributed by atoms with Crippen molar-refractivity contribution < 1.29 is 19.1 Å². The lowest BCUT2D eigenvalue weighted by atomic mass is 9.81. The van der Waals surface area contributed by atoms with Crippen LogP contribution in [0.15, 0.2) is 120 Å². The molecule has 0 amide bonds. The topological polar surface area (TPSA) is 106 Å². The number of hydrogen-bond acceptors (Lipinski definition) is 7. The van der Waals surface area contributed by atoms with Gasteiger partial charge < -0.3 is 15.2 Å². The number of fused-ring (bicyclic) bond motifs is 1. The maximum Gasteiger partial charge on any atom is 0.355 e. The summed E-state index contributed by atoms with van der Waals surface area (Å²) in [6, 6.07) is 32.8. The fourth-order valence-corrected chi connectivity index (χ4v) is 4.95. The molecular weight excluding hydrogens is 490 g/mol. The van der Waals surface area contributed by atoms with Gasteiger partial charge in [-0.25, -0.2) is 9.59 Å². The molecule has 39 heavy (non-hydrogen) atoms. The lowest BCUT2D eigenvalue weighted by Gasteiger charge is -2.36. The number of methoxy groups -OCH3 is 2. The van der Waals surface area contributed by atoms with E-state index in [2.05, 4.69) is 30.3 Å². The molecule has 0 radical (unpaired) electrons. The van der Waals surface area contributed by atoms with Crippen LogP contribution in [0.4, 0.5) is 5.69 Å². The standard InChI is InChI=1S/C32H25N3O4/c1-38-31(36)28-27(22-9-4-3-5-10-22)26(19-33)30(34)35(29(28)32(37)39-2)25-16-14-21(15-17-25)24-13-12-20-8-6-7-11-23(20)18-24/h3-18,27H,34H2,1-2H3. The van der Waals surface area contributed by atoms with Crippen LogP contribution < -0.4 is 10.6 Å². The van der Waals surface area contributed by atoms with Crippen molar-refractivity contribution in [2.45, 2.75) is 5.92 Å². The summed E-state index contributed by atoms with van der Waals surface area (Å²) in [5.74, 6) is -2.43. The molecule has 1 unspecified atom stereocenters. The highest BCUT2D eigenvalue weighted by Crippen LogP contribution is 2.43. The Labute approximate surface area is 226 Å². The van der Waals surface area contributed by atoms with Gasteiger partial charge in [-0.05, 0) is 45.7 Å². The summed E-state index contributed by atoms with van der Waals surface area (Å²) in [6.07, 6.45) is 0. The molecule has 1 aliphatic heterocycles. The zero-order valence-corrected chi connectivity index (χ0v) is 21.4. The number of anilines is 1. The predicted octanol–water partition coefficient (Wildman–Crippen LogP) is 5.40. The quantitative estimate of drug-likeness (QED) is 0.355. The lowest BCUT2D eigenvalue weighted by Crippen LogP contribution is -2.40.